The molecule has 6 heavy (non-hydrogen) atoms. The molecular weight excluding hydrogens is 293 g/mol. The van der Waals surface area contributed by atoms with Crippen LogP contribution in [0.15, 0.2) is 0 Å². The first kappa shape index (κ1) is 15.7. The zero-order valence-corrected chi connectivity index (χ0v) is 7.92. The fraction of sp³-hybridized carbons (Fsp3) is 0. The molecule has 0 bridgehead atoms. The van der Waals surface area contributed by atoms with Crippen molar-refractivity contribution in [2.45, 2.75) is 0 Å². The monoisotopic (exact) mass is 294 g/mol. The van der Waals surface area contributed by atoms with Gasteiger partial charge in [0.05, 0.1) is 0 Å². The summed E-state index contributed by atoms with van der Waals surface area (Å²) >= 11 is 0. The third kappa shape index (κ3) is 53.4. The maximum Gasteiger partial charge on any atom is 3.00 e. The molecule has 0 amide bonds. The van der Waals surface area contributed by atoms with Crippen molar-refractivity contribution in [3.63, 3.8) is 0 Å². The van der Waals surface area contributed by atoms with Gasteiger partial charge in [0.2, 0.25) is 0 Å². The molecule has 0 rings (SSSR count). The van der Waals surface area contributed by atoms with Gasteiger partial charge in [-0.25, -0.2) is 0 Å². The van der Waals surface area contributed by atoms with Gasteiger partial charge < -0.3 is 15.1 Å². The summed E-state index contributed by atoms with van der Waals surface area (Å²) in [5.74, 6) is 0. The summed E-state index contributed by atoms with van der Waals surface area (Å²) in [6, 6.07) is 0. The molecule has 3 nitrogen and oxygen atoms in total. The van der Waals surface area contributed by atoms with Crippen LogP contribution in [0.2, 0.25) is 0 Å². The first-order valence-electron chi connectivity index (χ1n) is 0.707. The predicted molar refractivity (Wildman–Crippen MR) is 17.3 cm³/mol. The second kappa shape index (κ2) is 9.64. The normalized spacial score (nSPS) is 4.50. The molecule has 0 unspecified atom stereocenters. The van der Waals surface area contributed by atoms with Gasteiger partial charge in [0, 0.05) is 27.3 Å². The smallest absolute Gasteiger partial charge is 0.907 e. The molecule has 0 saturated heterocycles. The Balaban J connectivity index is -0.0000000450. The molecule has 0 aliphatic carbocycles. The number of hydrogen-bond acceptors (Lipinski definition) is 3. The molecule has 0 heterocycles. The van der Waals surface area contributed by atoms with E-state index in [4.69, 9.17) is 15.1 Å². The minimum absolute atomic E-state index is 0. The van der Waals surface area contributed by atoms with E-state index >= 15 is 0 Å². The molecule has 6 heteroatoms. The van der Waals surface area contributed by atoms with Crippen LogP contribution in [0.25, 0.3) is 0 Å². The minimum atomic E-state index is -2.92. The molecule has 0 aromatic heterocycles. The first-order valence-corrected chi connectivity index (χ1v) is 0.707. The van der Waals surface area contributed by atoms with Crippen LogP contribution < -0.4 is 15.1 Å². The molecule has 0 aromatic rings. The van der Waals surface area contributed by atoms with E-state index in [9.17, 15) is 0 Å². The van der Waals surface area contributed by atoms with Crippen molar-refractivity contribution in [3.8, 4) is 0 Å². The van der Waals surface area contributed by atoms with Gasteiger partial charge in [-0.3, -0.25) is 7.32 Å². The average molecular weight is 293 g/mol. The van der Waals surface area contributed by atoms with E-state index in [1.54, 1.807) is 0 Å². The molecular formula is AlBO3Pb. The van der Waals surface area contributed by atoms with Crippen LogP contribution >= 0.6 is 0 Å². The first-order chi connectivity index (χ1) is 1.73. The summed E-state index contributed by atoms with van der Waals surface area (Å²) in [4.78, 5) is 0. The Morgan fingerprint density at radius 1 is 1.00 bits per heavy atom. The van der Waals surface area contributed by atoms with Gasteiger partial charge >= 0.3 is 17.4 Å². The molecule has 0 spiro atoms. The fourth-order valence-corrected chi connectivity index (χ4v) is 0. The standard InChI is InChI=1S/Al.BO3.Pb/c;2-1(3)4;/q+3;-3;. The Morgan fingerprint density at radius 2 is 1.00 bits per heavy atom. The average Bonchev–Trinajstić information content (AvgIpc) is 0.811. The van der Waals surface area contributed by atoms with Crippen molar-refractivity contribution in [2.75, 3.05) is 0 Å². The molecule has 4 radical (unpaired) electrons. The van der Waals surface area contributed by atoms with Gasteiger partial charge in [-0.15, -0.1) is 0 Å². The summed E-state index contributed by atoms with van der Waals surface area (Å²) in [6.07, 6.45) is 0. The molecule has 0 fully saturated rings. The Labute approximate surface area is 66.8 Å². The summed E-state index contributed by atoms with van der Waals surface area (Å²) in [5, 5.41) is 25.2. The van der Waals surface area contributed by atoms with Crippen molar-refractivity contribution in [1.82, 2.24) is 0 Å². The quantitative estimate of drug-likeness (QED) is 0.421. The third-order valence-corrected chi connectivity index (χ3v) is 0. The van der Waals surface area contributed by atoms with Gasteiger partial charge in [-0.05, 0) is 0 Å². The van der Waals surface area contributed by atoms with E-state index in [-0.39, 0.29) is 44.7 Å². The molecule has 0 atom stereocenters. The fourth-order valence-electron chi connectivity index (χ4n) is 0. The van der Waals surface area contributed by atoms with Crippen LogP contribution in [0.5, 0.6) is 0 Å². The van der Waals surface area contributed by atoms with Crippen LogP contribution in [0, 0.1) is 0 Å². The molecule has 28 valence electrons. The van der Waals surface area contributed by atoms with Crippen LogP contribution in [-0.4, -0.2) is 52.0 Å². The maximum absolute atomic E-state index is 8.42. The van der Waals surface area contributed by atoms with Gasteiger partial charge in [0.25, 0.3) is 0 Å². The SMILES string of the molecule is [Al+3].[O-]B([O-])[O-].[Pb]. The van der Waals surface area contributed by atoms with Crippen LogP contribution in [0.3, 0.4) is 0 Å². The summed E-state index contributed by atoms with van der Waals surface area (Å²) in [5.41, 5.74) is 0. The van der Waals surface area contributed by atoms with Crippen molar-refractivity contribution >= 4 is 52.0 Å². The summed E-state index contributed by atoms with van der Waals surface area (Å²) in [7, 11) is -2.92. The second-order valence-corrected chi connectivity index (χ2v) is 0.289. The minimum Gasteiger partial charge on any atom is -0.907 e. The van der Waals surface area contributed by atoms with E-state index in [2.05, 4.69) is 0 Å². The maximum atomic E-state index is 8.42. The van der Waals surface area contributed by atoms with Gasteiger partial charge in [-0.1, -0.05) is 0 Å². The largest absolute Gasteiger partial charge is 3.00 e. The van der Waals surface area contributed by atoms with E-state index in [0.29, 0.717) is 0 Å². The Kier molecular flexibility index (Phi) is 25.2. The van der Waals surface area contributed by atoms with E-state index < -0.39 is 7.32 Å². The van der Waals surface area contributed by atoms with Crippen LogP contribution in [-0.2, 0) is 0 Å². The Hall–Kier alpha value is 1.40. The Morgan fingerprint density at radius 3 is 1.00 bits per heavy atom. The van der Waals surface area contributed by atoms with Gasteiger partial charge in [0.1, 0.15) is 0 Å². The van der Waals surface area contributed by atoms with Crippen molar-refractivity contribution in [1.29, 1.82) is 0 Å². The van der Waals surface area contributed by atoms with Gasteiger partial charge in [-0.2, -0.15) is 0 Å². The second-order valence-electron chi connectivity index (χ2n) is 0.289. The van der Waals surface area contributed by atoms with Gasteiger partial charge in [0.15, 0.2) is 0 Å². The molecule has 0 aliphatic heterocycles. The summed E-state index contributed by atoms with van der Waals surface area (Å²) in [6.45, 7) is 0. The van der Waals surface area contributed by atoms with E-state index in [1.807, 2.05) is 0 Å². The zero-order valence-electron chi connectivity index (χ0n) is 2.88. The Bertz CT molecular complexity index is 15.5. The van der Waals surface area contributed by atoms with E-state index in [0.717, 1.165) is 0 Å². The molecule has 0 N–H and O–H groups in total. The molecule has 0 aromatic carbocycles. The molecule has 0 aliphatic rings. The van der Waals surface area contributed by atoms with Crippen LogP contribution in [0.4, 0.5) is 0 Å². The number of hydrogen-bond donors (Lipinski definition) is 0. The van der Waals surface area contributed by atoms with Crippen LogP contribution in [0.1, 0.15) is 0 Å². The van der Waals surface area contributed by atoms with Crippen molar-refractivity contribution in [2.24, 2.45) is 0 Å². The van der Waals surface area contributed by atoms with E-state index in [1.165, 1.54) is 0 Å². The topological polar surface area (TPSA) is 69.2 Å². The van der Waals surface area contributed by atoms with Crippen molar-refractivity contribution in [3.05, 3.63) is 0 Å². The third-order valence-electron chi connectivity index (χ3n) is 0. The zero-order chi connectivity index (χ0) is 3.58. The predicted octanol–water partition coefficient (Wildman–Crippen LogP) is -4.71. The van der Waals surface area contributed by atoms with Crippen molar-refractivity contribution < 1.29 is 15.1 Å². The summed E-state index contributed by atoms with van der Waals surface area (Å²) < 4.78 is 0. The number of rotatable bonds is 0. The molecule has 0 saturated carbocycles.